The van der Waals surface area contributed by atoms with Gasteiger partial charge in [0.1, 0.15) is 18.3 Å². The third-order valence-electron chi connectivity index (χ3n) is 10.0. The Morgan fingerprint density at radius 3 is 1.98 bits per heavy atom. The minimum atomic E-state index is -1.49. The van der Waals surface area contributed by atoms with Crippen LogP contribution in [0.2, 0.25) is 0 Å². The first-order valence-corrected chi connectivity index (χ1v) is 15.9. The van der Waals surface area contributed by atoms with E-state index in [-0.39, 0.29) is 18.6 Å². The second-order valence-corrected chi connectivity index (χ2v) is 13.6. The summed E-state index contributed by atoms with van der Waals surface area (Å²) < 4.78 is 30.0. The molecule has 5 unspecified atom stereocenters. The van der Waals surface area contributed by atoms with Crippen LogP contribution in [-0.2, 0) is 52.5 Å². The van der Waals surface area contributed by atoms with Gasteiger partial charge >= 0.3 is 29.8 Å². The smallest absolute Gasteiger partial charge is 0.331 e. The van der Waals surface area contributed by atoms with Gasteiger partial charge in [0.05, 0.1) is 5.41 Å². The standard InChI is InChI=1S/C37H44O11/c1-19-27(42)17-26-33(45-22(4)39)32-20(2)28(48-30(43)16-15-25-13-11-10-12-14-25)18-29(44-21(3)38)37(32,9)35(47-24(6)41)34(46-23(5)40)31(19)36(26,7)8/h10-16,26,28-29,32-35H,2,17-18H2,1,3-9H3/t26-,28?,29?,32-,33?,34?,35?,37-/m1/s1. The van der Waals surface area contributed by atoms with Gasteiger partial charge in [-0.15, -0.1) is 0 Å². The number of allylic oxidation sites excluding steroid dienone is 1. The minimum absolute atomic E-state index is 0.0341. The molecular formula is C37H44O11. The summed E-state index contributed by atoms with van der Waals surface area (Å²) in [4.78, 5) is 78.0. The lowest BCUT2D eigenvalue weighted by molar-refractivity contribution is -0.228. The Kier molecular flexibility index (Phi) is 10.5. The molecule has 0 heterocycles. The maximum Gasteiger partial charge on any atom is 0.331 e. The molecule has 2 bridgehead atoms. The van der Waals surface area contributed by atoms with Gasteiger partial charge in [0.25, 0.3) is 0 Å². The fourth-order valence-electron chi connectivity index (χ4n) is 8.00. The molecule has 2 fully saturated rings. The van der Waals surface area contributed by atoms with Crippen molar-refractivity contribution in [1.29, 1.82) is 0 Å². The maximum atomic E-state index is 13.7. The molecule has 3 aliphatic carbocycles. The second kappa shape index (κ2) is 13.9. The average molecular weight is 665 g/mol. The van der Waals surface area contributed by atoms with Crippen molar-refractivity contribution in [3.8, 4) is 0 Å². The topological polar surface area (TPSA) is 149 Å². The summed E-state index contributed by atoms with van der Waals surface area (Å²) in [6.07, 6.45) is -3.23. The molecule has 2 saturated carbocycles. The SMILES string of the molecule is C=C1C(OC(=O)C=Cc2ccccc2)CC(OC(C)=O)[C@@]2(C)C(OC(C)=O)C(OC(C)=O)C3=C(C)C(=O)C[C@H](C(OC(C)=O)[C@@H]12)C3(C)C. The summed E-state index contributed by atoms with van der Waals surface area (Å²) >= 11 is 0. The predicted molar refractivity (Wildman–Crippen MR) is 173 cm³/mol. The van der Waals surface area contributed by atoms with Crippen molar-refractivity contribution in [2.75, 3.05) is 0 Å². The van der Waals surface area contributed by atoms with Gasteiger partial charge in [-0.05, 0) is 40.7 Å². The maximum absolute atomic E-state index is 13.7. The molecule has 11 nitrogen and oxygen atoms in total. The normalized spacial score (nSPS) is 31.1. The molecule has 48 heavy (non-hydrogen) atoms. The Bertz CT molecular complexity index is 1570. The van der Waals surface area contributed by atoms with Crippen molar-refractivity contribution >= 4 is 41.7 Å². The molecule has 0 N–H and O–H groups in total. The van der Waals surface area contributed by atoms with Gasteiger partial charge in [0.15, 0.2) is 18.0 Å². The van der Waals surface area contributed by atoms with E-state index in [1.807, 2.05) is 44.2 Å². The van der Waals surface area contributed by atoms with E-state index in [0.717, 1.165) is 5.56 Å². The fraction of sp³-hybridized carbons (Fsp3) is 0.514. The van der Waals surface area contributed by atoms with E-state index >= 15 is 0 Å². The zero-order chi connectivity index (χ0) is 35.7. The van der Waals surface area contributed by atoms with Gasteiger partial charge in [-0.2, -0.15) is 0 Å². The molecule has 1 aromatic rings. The van der Waals surface area contributed by atoms with Crippen LogP contribution < -0.4 is 0 Å². The molecule has 4 rings (SSSR count). The fourth-order valence-corrected chi connectivity index (χ4v) is 8.00. The Labute approximate surface area is 280 Å². The van der Waals surface area contributed by atoms with Gasteiger partial charge in [0.2, 0.25) is 0 Å². The molecule has 0 radical (unpaired) electrons. The third kappa shape index (κ3) is 7.00. The molecule has 258 valence electrons. The van der Waals surface area contributed by atoms with Crippen molar-refractivity contribution in [3.63, 3.8) is 0 Å². The number of ketones is 1. The van der Waals surface area contributed by atoms with Crippen molar-refractivity contribution < 1.29 is 52.5 Å². The molecular weight excluding hydrogens is 620 g/mol. The molecule has 1 aromatic carbocycles. The molecule has 3 aliphatic rings. The third-order valence-corrected chi connectivity index (χ3v) is 10.0. The number of hydrogen-bond donors (Lipinski definition) is 0. The van der Waals surface area contributed by atoms with Crippen LogP contribution in [0.3, 0.4) is 0 Å². The van der Waals surface area contributed by atoms with E-state index in [1.165, 1.54) is 33.8 Å². The highest BCUT2D eigenvalue weighted by atomic mass is 16.6. The van der Waals surface area contributed by atoms with Crippen molar-refractivity contribution in [3.05, 3.63) is 65.3 Å². The molecule has 0 saturated heterocycles. The number of rotatable bonds is 7. The second-order valence-electron chi connectivity index (χ2n) is 13.6. The van der Waals surface area contributed by atoms with E-state index in [1.54, 1.807) is 19.9 Å². The number of carbonyl (C=O) groups excluding carboxylic acids is 6. The predicted octanol–water partition coefficient (Wildman–Crippen LogP) is 4.87. The lowest BCUT2D eigenvalue weighted by Gasteiger charge is -2.60. The minimum Gasteiger partial charge on any atom is -0.462 e. The number of hydrogen-bond acceptors (Lipinski definition) is 11. The molecule has 8 atom stereocenters. The lowest BCUT2D eigenvalue weighted by atomic mass is 9.48. The number of esters is 5. The van der Waals surface area contributed by atoms with Gasteiger partial charge in [-0.3, -0.25) is 24.0 Å². The lowest BCUT2D eigenvalue weighted by Crippen LogP contribution is -2.68. The highest BCUT2D eigenvalue weighted by molar-refractivity contribution is 5.97. The molecule has 0 aromatic heterocycles. The number of fused-ring (bicyclic) bond motifs is 3. The summed E-state index contributed by atoms with van der Waals surface area (Å²) in [6, 6.07) is 9.12. The number of benzene rings is 1. The van der Waals surface area contributed by atoms with E-state index in [9.17, 15) is 28.8 Å². The summed E-state index contributed by atoms with van der Waals surface area (Å²) in [5.41, 5.74) is -0.644. The first-order chi connectivity index (χ1) is 22.4. The Hall–Kier alpha value is -4.54. The van der Waals surface area contributed by atoms with Crippen molar-refractivity contribution in [2.24, 2.45) is 22.7 Å². The first kappa shape index (κ1) is 36.3. The van der Waals surface area contributed by atoms with Crippen molar-refractivity contribution in [1.82, 2.24) is 0 Å². The largest absolute Gasteiger partial charge is 0.462 e. The number of ether oxygens (including phenoxy) is 5. The summed E-state index contributed by atoms with van der Waals surface area (Å²) in [5, 5.41) is 0. The van der Waals surface area contributed by atoms with Crippen LogP contribution >= 0.6 is 0 Å². The van der Waals surface area contributed by atoms with Gasteiger partial charge < -0.3 is 23.7 Å². The Morgan fingerprint density at radius 2 is 1.42 bits per heavy atom. The summed E-state index contributed by atoms with van der Waals surface area (Å²) in [6.45, 7) is 16.2. The summed E-state index contributed by atoms with van der Waals surface area (Å²) in [7, 11) is 0. The van der Waals surface area contributed by atoms with Crippen LogP contribution in [0.4, 0.5) is 0 Å². The van der Waals surface area contributed by atoms with Crippen LogP contribution in [0.15, 0.2) is 59.7 Å². The van der Waals surface area contributed by atoms with Gasteiger partial charge in [0, 0.05) is 58.4 Å². The van der Waals surface area contributed by atoms with Gasteiger partial charge in [-0.25, -0.2) is 4.79 Å². The van der Waals surface area contributed by atoms with E-state index < -0.39 is 83.0 Å². The zero-order valence-corrected chi connectivity index (χ0v) is 28.7. The molecule has 0 spiro atoms. The highest BCUT2D eigenvalue weighted by Crippen LogP contribution is 2.61. The Morgan fingerprint density at radius 1 is 0.833 bits per heavy atom. The van der Waals surface area contributed by atoms with E-state index in [2.05, 4.69) is 6.58 Å². The van der Waals surface area contributed by atoms with Crippen LogP contribution in [0, 0.1) is 22.7 Å². The Balaban J connectivity index is 1.98. The van der Waals surface area contributed by atoms with Crippen molar-refractivity contribution in [2.45, 2.75) is 98.8 Å². The zero-order valence-electron chi connectivity index (χ0n) is 28.7. The van der Waals surface area contributed by atoms with E-state index in [4.69, 9.17) is 23.7 Å². The molecule has 0 amide bonds. The molecule has 11 heteroatoms. The van der Waals surface area contributed by atoms with Crippen LogP contribution in [0.1, 0.15) is 73.8 Å². The highest BCUT2D eigenvalue weighted by Gasteiger charge is 2.68. The van der Waals surface area contributed by atoms with Crippen LogP contribution in [0.5, 0.6) is 0 Å². The molecule has 0 aliphatic heterocycles. The first-order valence-electron chi connectivity index (χ1n) is 15.9. The summed E-state index contributed by atoms with van der Waals surface area (Å²) in [5.74, 6) is -5.45. The monoisotopic (exact) mass is 664 g/mol. The number of carbonyl (C=O) groups is 6. The number of Topliss-reactive ketones (excluding diaryl/α,β-unsaturated/α-hetero) is 1. The van der Waals surface area contributed by atoms with Gasteiger partial charge in [-0.1, -0.05) is 57.7 Å². The van der Waals surface area contributed by atoms with Crippen LogP contribution in [-0.4, -0.2) is 66.1 Å². The quantitative estimate of drug-likeness (QED) is 0.170. The van der Waals surface area contributed by atoms with Crippen LogP contribution in [0.25, 0.3) is 6.08 Å². The van der Waals surface area contributed by atoms with E-state index in [0.29, 0.717) is 16.7 Å². The average Bonchev–Trinajstić information content (AvgIpc) is 2.97.